The van der Waals surface area contributed by atoms with Gasteiger partial charge in [0.15, 0.2) is 6.61 Å². The van der Waals surface area contributed by atoms with Gasteiger partial charge in [-0.1, -0.05) is 36.7 Å². The van der Waals surface area contributed by atoms with Gasteiger partial charge in [-0.05, 0) is 30.7 Å². The Balaban J connectivity index is 1.52. The molecule has 0 radical (unpaired) electrons. The van der Waals surface area contributed by atoms with Crippen LogP contribution in [0.5, 0.6) is 5.75 Å². The summed E-state index contributed by atoms with van der Waals surface area (Å²) in [4.78, 5) is 30.9. The number of halogens is 1. The van der Waals surface area contributed by atoms with Crippen molar-refractivity contribution in [1.82, 2.24) is 4.98 Å². The number of ether oxygens (including phenoxy) is 3. The molecular weight excluding hydrogens is 464 g/mol. The number of benzene rings is 2. The first-order valence-corrected chi connectivity index (χ1v) is 11.8. The zero-order valence-electron chi connectivity index (χ0n) is 18.1. The largest absolute Gasteiger partial charge is 0.482 e. The first-order valence-electron chi connectivity index (χ1n) is 10.6. The highest BCUT2D eigenvalue weighted by Crippen LogP contribution is 2.38. The Hall–Kier alpha value is -2.94. The Morgan fingerprint density at radius 2 is 2.06 bits per heavy atom. The summed E-state index contributed by atoms with van der Waals surface area (Å²) < 4.78 is 16.1. The highest BCUT2D eigenvalue weighted by molar-refractivity contribution is 7.13. The predicted molar refractivity (Wildman–Crippen MR) is 128 cm³/mol. The molecule has 0 bridgehead atoms. The van der Waals surface area contributed by atoms with Gasteiger partial charge < -0.3 is 14.2 Å². The minimum absolute atomic E-state index is 0.132. The maximum Gasteiger partial charge on any atom is 0.326 e. The van der Waals surface area contributed by atoms with E-state index < -0.39 is 5.97 Å². The Morgan fingerprint density at radius 3 is 2.88 bits per heavy atom. The molecule has 0 N–H and O–H groups in total. The van der Waals surface area contributed by atoms with Gasteiger partial charge in [-0.25, -0.2) is 4.98 Å². The molecule has 1 aromatic heterocycles. The molecule has 7 nitrogen and oxygen atoms in total. The summed E-state index contributed by atoms with van der Waals surface area (Å²) in [5, 5.41) is 3.36. The lowest BCUT2D eigenvalue weighted by atomic mass is 10.1. The molecule has 4 rings (SSSR count). The third-order valence-electron chi connectivity index (χ3n) is 4.93. The van der Waals surface area contributed by atoms with Crippen LogP contribution in [-0.4, -0.2) is 49.8 Å². The van der Waals surface area contributed by atoms with Crippen molar-refractivity contribution >= 4 is 40.5 Å². The summed E-state index contributed by atoms with van der Waals surface area (Å²) in [6, 6.07) is 13.0. The minimum Gasteiger partial charge on any atom is -0.482 e. The van der Waals surface area contributed by atoms with Gasteiger partial charge in [-0.3, -0.25) is 14.5 Å². The summed E-state index contributed by atoms with van der Waals surface area (Å²) in [7, 11) is 0. The zero-order chi connectivity index (χ0) is 23.2. The van der Waals surface area contributed by atoms with E-state index in [9.17, 15) is 9.59 Å². The molecule has 0 spiro atoms. The third-order valence-corrected chi connectivity index (χ3v) is 6.14. The molecule has 172 valence electrons. The second kappa shape index (κ2) is 10.8. The Kier molecular flexibility index (Phi) is 7.59. The molecule has 1 aliphatic rings. The van der Waals surface area contributed by atoms with E-state index in [-0.39, 0.29) is 25.7 Å². The average Bonchev–Trinajstić information content (AvgIpc) is 3.31. The van der Waals surface area contributed by atoms with Crippen LogP contribution >= 0.6 is 22.9 Å². The number of carbonyl (C=O) groups excluding carboxylic acids is 2. The van der Waals surface area contributed by atoms with Crippen molar-refractivity contribution in [3.63, 3.8) is 0 Å². The fraction of sp³-hybridized carbons (Fsp3) is 0.292. The van der Waals surface area contributed by atoms with Gasteiger partial charge in [0.1, 0.15) is 23.9 Å². The molecule has 0 aliphatic carbocycles. The Bertz CT molecular complexity index is 1150. The van der Waals surface area contributed by atoms with Crippen LogP contribution in [-0.2, 0) is 19.1 Å². The normalized spacial score (nSPS) is 12.9. The van der Waals surface area contributed by atoms with E-state index in [0.29, 0.717) is 29.7 Å². The van der Waals surface area contributed by atoms with Crippen LogP contribution in [0.1, 0.15) is 13.3 Å². The number of carbonyl (C=O) groups is 2. The van der Waals surface area contributed by atoms with Gasteiger partial charge in [0.05, 0.1) is 23.0 Å². The number of hydrogen-bond acceptors (Lipinski definition) is 7. The van der Waals surface area contributed by atoms with Gasteiger partial charge in [0, 0.05) is 23.1 Å². The van der Waals surface area contributed by atoms with Gasteiger partial charge >= 0.3 is 5.97 Å². The van der Waals surface area contributed by atoms with Crippen molar-refractivity contribution in [1.29, 1.82) is 0 Å². The van der Waals surface area contributed by atoms with Crippen LogP contribution < -0.4 is 9.64 Å². The number of nitrogens with zero attached hydrogens (tertiary/aromatic N) is 2. The fourth-order valence-electron chi connectivity index (χ4n) is 3.34. The first kappa shape index (κ1) is 23.2. The van der Waals surface area contributed by atoms with Gasteiger partial charge in [0.25, 0.3) is 5.91 Å². The summed E-state index contributed by atoms with van der Waals surface area (Å²) in [6.07, 6.45) is 0.897. The summed E-state index contributed by atoms with van der Waals surface area (Å²) in [5.74, 6) is -0.288. The van der Waals surface area contributed by atoms with Crippen LogP contribution in [0, 0.1) is 0 Å². The second-order valence-electron chi connectivity index (χ2n) is 7.30. The standard InChI is InChI=1S/C24H23ClN2O5S/c1-2-9-30-10-11-31-23(29)13-27-20-12-16(7-8-21(20)32-14-22(27)28)19-15-33-24(26-19)17-5-3-4-6-18(17)25/h3-8,12,15H,2,9-11,13-14H2,1H3. The molecule has 0 atom stereocenters. The Labute approximate surface area is 200 Å². The highest BCUT2D eigenvalue weighted by atomic mass is 35.5. The van der Waals surface area contributed by atoms with Crippen molar-refractivity contribution < 1.29 is 23.8 Å². The van der Waals surface area contributed by atoms with Gasteiger partial charge in [-0.2, -0.15) is 0 Å². The summed E-state index contributed by atoms with van der Waals surface area (Å²) in [5.41, 5.74) is 2.91. The first-order chi connectivity index (χ1) is 16.1. The molecule has 2 heterocycles. The second-order valence-corrected chi connectivity index (χ2v) is 8.57. The molecular formula is C24H23ClN2O5S. The SMILES string of the molecule is CCCOCCOC(=O)CN1C(=O)COc2ccc(-c3csc(-c4ccccc4Cl)n3)cc21. The van der Waals surface area contributed by atoms with E-state index in [4.69, 9.17) is 30.8 Å². The number of fused-ring (bicyclic) bond motifs is 1. The quantitative estimate of drug-likeness (QED) is 0.318. The molecule has 0 fully saturated rings. The number of thiazole rings is 1. The predicted octanol–water partition coefficient (Wildman–Crippen LogP) is 4.83. The van der Waals surface area contributed by atoms with Crippen molar-refractivity contribution in [3.8, 4) is 27.6 Å². The lowest BCUT2D eigenvalue weighted by molar-refractivity contribution is -0.144. The van der Waals surface area contributed by atoms with Crippen LogP contribution in [0.4, 0.5) is 5.69 Å². The van der Waals surface area contributed by atoms with Gasteiger partial charge in [-0.15, -0.1) is 11.3 Å². The maximum atomic E-state index is 12.5. The monoisotopic (exact) mass is 486 g/mol. The Morgan fingerprint density at radius 1 is 1.21 bits per heavy atom. The molecule has 2 aromatic carbocycles. The molecule has 0 saturated carbocycles. The minimum atomic E-state index is -0.503. The number of anilines is 1. The van der Waals surface area contributed by atoms with E-state index in [0.717, 1.165) is 28.2 Å². The maximum absolute atomic E-state index is 12.5. The van der Waals surface area contributed by atoms with Crippen molar-refractivity contribution in [3.05, 3.63) is 52.9 Å². The topological polar surface area (TPSA) is 78.0 Å². The molecule has 0 unspecified atom stereocenters. The van der Waals surface area contributed by atoms with Crippen molar-refractivity contribution in [2.75, 3.05) is 37.9 Å². The summed E-state index contributed by atoms with van der Waals surface area (Å²) in [6.45, 7) is 2.76. The molecule has 9 heteroatoms. The van der Waals surface area contributed by atoms with E-state index in [1.54, 1.807) is 12.1 Å². The van der Waals surface area contributed by atoms with Crippen LogP contribution in [0.2, 0.25) is 5.02 Å². The average molecular weight is 487 g/mol. The lowest BCUT2D eigenvalue weighted by Gasteiger charge is -2.29. The lowest BCUT2D eigenvalue weighted by Crippen LogP contribution is -2.42. The number of hydrogen-bond donors (Lipinski definition) is 0. The molecule has 33 heavy (non-hydrogen) atoms. The van der Waals surface area contributed by atoms with E-state index in [2.05, 4.69) is 0 Å². The fourth-order valence-corrected chi connectivity index (χ4v) is 4.48. The smallest absolute Gasteiger partial charge is 0.326 e. The zero-order valence-corrected chi connectivity index (χ0v) is 19.7. The van der Waals surface area contributed by atoms with E-state index in [1.807, 2.05) is 42.6 Å². The molecule has 3 aromatic rings. The summed E-state index contributed by atoms with van der Waals surface area (Å²) >= 11 is 7.79. The van der Waals surface area contributed by atoms with Gasteiger partial charge in [0.2, 0.25) is 0 Å². The third kappa shape index (κ3) is 5.52. The molecule has 1 amide bonds. The number of aromatic nitrogens is 1. The van der Waals surface area contributed by atoms with Crippen molar-refractivity contribution in [2.24, 2.45) is 0 Å². The van der Waals surface area contributed by atoms with Crippen LogP contribution in [0.3, 0.4) is 0 Å². The van der Waals surface area contributed by atoms with E-state index >= 15 is 0 Å². The number of amides is 1. The number of esters is 1. The van der Waals surface area contributed by atoms with Crippen LogP contribution in [0.25, 0.3) is 21.8 Å². The van der Waals surface area contributed by atoms with Crippen LogP contribution in [0.15, 0.2) is 47.8 Å². The molecule has 0 saturated heterocycles. The van der Waals surface area contributed by atoms with Crippen molar-refractivity contribution in [2.45, 2.75) is 13.3 Å². The highest BCUT2D eigenvalue weighted by Gasteiger charge is 2.28. The van der Waals surface area contributed by atoms with E-state index in [1.165, 1.54) is 16.2 Å². The molecule has 1 aliphatic heterocycles. The number of rotatable bonds is 9.